The molecule has 1 aliphatic heterocycles. The van der Waals surface area contributed by atoms with E-state index in [-0.39, 0.29) is 0 Å². The lowest BCUT2D eigenvalue weighted by molar-refractivity contribution is -0.177. The second kappa shape index (κ2) is 7.40. The molecule has 0 aromatic heterocycles. The predicted octanol–water partition coefficient (Wildman–Crippen LogP) is 5.34. The van der Waals surface area contributed by atoms with E-state index in [9.17, 15) is 17.6 Å². The molecule has 2 spiro atoms. The van der Waals surface area contributed by atoms with Gasteiger partial charge in [0, 0.05) is 17.0 Å². The maximum Gasteiger partial charge on any atom is 0.345 e. The van der Waals surface area contributed by atoms with E-state index in [1.165, 1.54) is 12.1 Å². The van der Waals surface area contributed by atoms with Gasteiger partial charge in [-0.2, -0.15) is 8.78 Å². The minimum Gasteiger partial charge on any atom is -0.382 e. The molecule has 0 radical (unpaired) electrons. The van der Waals surface area contributed by atoms with Gasteiger partial charge in [-0.05, 0) is 73.9 Å². The largest absolute Gasteiger partial charge is 0.382 e. The number of nitrogens with two attached hydrogens (primary N) is 1. The molecule has 1 fully saturated rings. The summed E-state index contributed by atoms with van der Waals surface area (Å²) in [6, 6.07) is 9.08. The van der Waals surface area contributed by atoms with Gasteiger partial charge in [0.15, 0.2) is 5.66 Å². The Morgan fingerprint density at radius 1 is 1.00 bits per heavy atom. The van der Waals surface area contributed by atoms with Crippen molar-refractivity contribution in [1.29, 1.82) is 0 Å². The minimum atomic E-state index is -2.79. The molecule has 4 nitrogen and oxygen atoms in total. The predicted molar refractivity (Wildman–Crippen MR) is 114 cm³/mol. The van der Waals surface area contributed by atoms with Gasteiger partial charge < -0.3 is 10.5 Å². The molecule has 0 amide bonds. The summed E-state index contributed by atoms with van der Waals surface area (Å²) in [7, 11) is 0. The highest BCUT2D eigenvalue weighted by atomic mass is 19.3. The van der Waals surface area contributed by atoms with Crippen molar-refractivity contribution in [2.45, 2.75) is 57.4 Å². The number of alkyl halides is 2. The fraction of sp³-hybridized carbons (Fsp3) is 0.417. The number of aliphatic imine (C=N–C) groups is 2. The van der Waals surface area contributed by atoms with Gasteiger partial charge in [0.1, 0.15) is 17.5 Å². The Hall–Kier alpha value is -2.74. The Bertz CT molecular complexity index is 1100. The lowest BCUT2D eigenvalue weighted by Crippen LogP contribution is -2.43. The number of fused-ring (bicyclic) bond motifs is 3. The molecule has 5 rings (SSSR count). The monoisotopic (exact) mass is 445 g/mol. The van der Waals surface area contributed by atoms with Crippen molar-refractivity contribution in [2.24, 2.45) is 21.1 Å². The zero-order chi connectivity index (χ0) is 22.7. The highest BCUT2D eigenvalue weighted by Gasteiger charge is 2.60. The summed E-state index contributed by atoms with van der Waals surface area (Å²) in [5.74, 6) is -0.951. The Morgan fingerprint density at radius 3 is 2.28 bits per heavy atom. The molecule has 2 aromatic carbocycles. The van der Waals surface area contributed by atoms with Crippen LogP contribution in [0.1, 0.15) is 43.7 Å². The third kappa shape index (κ3) is 3.23. The third-order valence-electron chi connectivity index (χ3n) is 7.12. The number of hydrogen-bond donors (Lipinski definition) is 1. The van der Waals surface area contributed by atoms with E-state index in [1.807, 2.05) is 18.2 Å². The summed E-state index contributed by atoms with van der Waals surface area (Å²) in [5.41, 5.74) is 8.38. The van der Waals surface area contributed by atoms with Gasteiger partial charge in [-0.1, -0.05) is 12.1 Å². The summed E-state index contributed by atoms with van der Waals surface area (Å²) < 4.78 is 57.9. The van der Waals surface area contributed by atoms with Crippen molar-refractivity contribution in [2.75, 3.05) is 0 Å². The Balaban J connectivity index is 1.59. The topological polar surface area (TPSA) is 60.0 Å². The van der Waals surface area contributed by atoms with Crippen LogP contribution in [-0.4, -0.2) is 24.3 Å². The molecule has 0 unspecified atom stereocenters. The van der Waals surface area contributed by atoms with E-state index < -0.39 is 35.4 Å². The average Bonchev–Trinajstić information content (AvgIpc) is 3.16. The zero-order valence-corrected chi connectivity index (χ0v) is 17.5. The van der Waals surface area contributed by atoms with Crippen LogP contribution in [0.3, 0.4) is 0 Å². The maximum absolute atomic E-state index is 13.8. The zero-order valence-electron chi connectivity index (χ0n) is 17.5. The molecule has 2 N–H and O–H groups in total. The van der Waals surface area contributed by atoms with Gasteiger partial charge in [-0.15, -0.1) is 0 Å². The van der Waals surface area contributed by atoms with Crippen molar-refractivity contribution in [3.05, 3.63) is 59.2 Å². The standard InChI is InChI=1S/C24H23F4N3O/c1-13-21(29)31-24(30-13)20-10-14(16-8-17(25)11-18(26)9-16)2-3-15(20)12-23(24)6-4-19(5-7-23)32-22(27)28/h2-3,8-11,19,22H,4-7,12H2,1H3,(H2,29,31)/t19-,23-,24-/m0/s1. The fourth-order valence-electron chi connectivity index (χ4n) is 5.62. The number of hydrogen-bond acceptors (Lipinski definition) is 4. The van der Waals surface area contributed by atoms with Crippen LogP contribution in [0.4, 0.5) is 17.6 Å². The fourth-order valence-corrected chi connectivity index (χ4v) is 5.62. The highest BCUT2D eigenvalue weighted by Crippen LogP contribution is 2.62. The van der Waals surface area contributed by atoms with Gasteiger partial charge in [0.2, 0.25) is 0 Å². The van der Waals surface area contributed by atoms with Crippen molar-refractivity contribution in [3.63, 3.8) is 0 Å². The van der Waals surface area contributed by atoms with E-state index in [4.69, 9.17) is 20.5 Å². The lowest BCUT2D eigenvalue weighted by atomic mass is 9.65. The first-order valence-electron chi connectivity index (χ1n) is 10.7. The molecule has 1 heterocycles. The first kappa shape index (κ1) is 21.1. The average molecular weight is 445 g/mol. The van der Waals surface area contributed by atoms with Gasteiger partial charge in [0.25, 0.3) is 0 Å². The summed E-state index contributed by atoms with van der Waals surface area (Å²) in [4.78, 5) is 9.75. The van der Waals surface area contributed by atoms with Crippen LogP contribution in [0.5, 0.6) is 0 Å². The summed E-state index contributed by atoms with van der Waals surface area (Å²) >= 11 is 0. The van der Waals surface area contributed by atoms with Crippen molar-refractivity contribution in [3.8, 4) is 11.1 Å². The van der Waals surface area contributed by atoms with Gasteiger partial charge in [0.05, 0.1) is 11.8 Å². The van der Waals surface area contributed by atoms with Crippen LogP contribution in [0.2, 0.25) is 0 Å². The van der Waals surface area contributed by atoms with Crippen LogP contribution in [0, 0.1) is 17.0 Å². The molecule has 2 aliphatic carbocycles. The highest BCUT2D eigenvalue weighted by molar-refractivity contribution is 6.41. The number of benzene rings is 2. The van der Waals surface area contributed by atoms with Crippen molar-refractivity contribution in [1.82, 2.24) is 0 Å². The van der Waals surface area contributed by atoms with E-state index in [2.05, 4.69) is 0 Å². The smallest absolute Gasteiger partial charge is 0.345 e. The molecule has 8 heteroatoms. The Morgan fingerprint density at radius 2 is 1.69 bits per heavy atom. The van der Waals surface area contributed by atoms with Gasteiger partial charge >= 0.3 is 6.61 Å². The van der Waals surface area contributed by atoms with Crippen LogP contribution < -0.4 is 5.73 Å². The Labute approximate surface area is 183 Å². The number of amidine groups is 1. The number of ether oxygens (including phenoxy) is 1. The normalized spacial score (nSPS) is 29.0. The van der Waals surface area contributed by atoms with Crippen LogP contribution in [0.25, 0.3) is 11.1 Å². The molecule has 2 aromatic rings. The first-order chi connectivity index (χ1) is 15.2. The van der Waals surface area contributed by atoms with Crippen LogP contribution in [0.15, 0.2) is 46.4 Å². The molecule has 1 atom stereocenters. The van der Waals surface area contributed by atoms with Gasteiger partial charge in [-0.25, -0.2) is 13.8 Å². The van der Waals surface area contributed by atoms with Crippen LogP contribution in [-0.2, 0) is 16.8 Å². The summed E-state index contributed by atoms with van der Waals surface area (Å²) in [6.07, 6.45) is 2.35. The minimum absolute atomic E-state index is 0.352. The summed E-state index contributed by atoms with van der Waals surface area (Å²) in [6.45, 7) is -0.991. The number of rotatable bonds is 3. The van der Waals surface area contributed by atoms with Crippen molar-refractivity contribution < 1.29 is 22.3 Å². The molecular weight excluding hydrogens is 422 g/mol. The van der Waals surface area contributed by atoms with E-state index in [0.29, 0.717) is 54.8 Å². The van der Waals surface area contributed by atoms with Crippen LogP contribution >= 0.6 is 0 Å². The second-order valence-electron chi connectivity index (χ2n) is 8.95. The third-order valence-corrected chi connectivity index (χ3v) is 7.12. The number of halogens is 4. The van der Waals surface area contributed by atoms with Crippen molar-refractivity contribution >= 4 is 11.5 Å². The molecular formula is C24H23F4N3O. The molecule has 1 saturated carbocycles. The quantitative estimate of drug-likeness (QED) is 0.649. The summed E-state index contributed by atoms with van der Waals surface area (Å²) in [5, 5.41) is 0. The molecule has 32 heavy (non-hydrogen) atoms. The lowest BCUT2D eigenvalue weighted by Gasteiger charge is -2.44. The van der Waals surface area contributed by atoms with Gasteiger partial charge in [-0.3, -0.25) is 4.99 Å². The molecule has 168 valence electrons. The van der Waals surface area contributed by atoms with E-state index in [0.717, 1.165) is 17.2 Å². The number of nitrogens with zero attached hydrogens (tertiary/aromatic N) is 2. The SMILES string of the molecule is CC1=N[C@]2(N=C1N)c1cc(-c3cc(F)cc(F)c3)ccc1C[C@]21CC[C@@H](OC(F)F)CC1. The van der Waals surface area contributed by atoms with E-state index in [1.54, 1.807) is 6.92 Å². The Kier molecular flexibility index (Phi) is 4.89. The maximum atomic E-state index is 13.8. The van der Waals surface area contributed by atoms with E-state index >= 15 is 0 Å². The molecule has 0 bridgehead atoms. The first-order valence-corrected chi connectivity index (χ1v) is 10.7. The molecule has 3 aliphatic rings. The molecule has 0 saturated heterocycles. The second-order valence-corrected chi connectivity index (χ2v) is 8.95.